The summed E-state index contributed by atoms with van der Waals surface area (Å²) in [6.45, 7) is 15.1. The van der Waals surface area contributed by atoms with Crippen molar-refractivity contribution in [3.8, 4) is 0 Å². The Bertz CT molecular complexity index is 382. The molecule has 1 saturated carbocycles. The fourth-order valence-corrected chi connectivity index (χ4v) is 2.79. The van der Waals surface area contributed by atoms with E-state index in [0.717, 1.165) is 31.0 Å². The molecule has 144 valence electrons. The minimum absolute atomic E-state index is 0.962. The Labute approximate surface area is 156 Å². The van der Waals surface area contributed by atoms with Crippen LogP contribution in [0.5, 0.6) is 0 Å². The lowest BCUT2D eigenvalue weighted by Gasteiger charge is -2.19. The normalized spacial score (nSPS) is 17.6. The van der Waals surface area contributed by atoms with Gasteiger partial charge in [-0.25, -0.2) is 0 Å². The van der Waals surface area contributed by atoms with Crippen LogP contribution in [0, 0.1) is 31.6 Å². The van der Waals surface area contributed by atoms with E-state index in [4.69, 9.17) is 9.53 Å². The molecule has 1 aliphatic carbocycles. The maximum atomic E-state index is 8.00. The molecule has 1 heterocycles. The van der Waals surface area contributed by atoms with Crippen molar-refractivity contribution in [2.75, 3.05) is 13.2 Å². The summed E-state index contributed by atoms with van der Waals surface area (Å²) >= 11 is 0. The summed E-state index contributed by atoms with van der Waals surface area (Å²) in [7, 11) is 0. The highest BCUT2D eigenvalue weighted by Crippen LogP contribution is 2.37. The SMILES string of the molecule is C=O.CCC(C)C1CC1.CCC1CCOCC1.Cc1ccc(C)cc1. The predicted octanol–water partition coefficient (Wildman–Crippen LogP) is 6.38. The van der Waals surface area contributed by atoms with Gasteiger partial charge in [0.2, 0.25) is 0 Å². The molecule has 0 N–H and O–H groups in total. The van der Waals surface area contributed by atoms with Crippen molar-refractivity contribution in [1.29, 1.82) is 0 Å². The topological polar surface area (TPSA) is 26.3 Å². The van der Waals surface area contributed by atoms with Crippen LogP contribution < -0.4 is 0 Å². The maximum Gasteiger partial charge on any atom is 0.106 e. The molecule has 2 aliphatic rings. The average Bonchev–Trinajstić information content (AvgIpc) is 3.52. The lowest BCUT2D eigenvalue weighted by atomic mass is 9.98. The first-order valence-corrected chi connectivity index (χ1v) is 9.96. The number of carbonyl (C=O) groups excluding carboxylic acids is 1. The second-order valence-electron chi connectivity index (χ2n) is 7.34. The monoisotopic (exact) mass is 348 g/mol. The van der Waals surface area contributed by atoms with E-state index in [0.29, 0.717) is 0 Å². The van der Waals surface area contributed by atoms with Gasteiger partial charge in [0.1, 0.15) is 6.79 Å². The second kappa shape index (κ2) is 15.1. The van der Waals surface area contributed by atoms with Gasteiger partial charge in [-0.1, -0.05) is 69.0 Å². The summed E-state index contributed by atoms with van der Waals surface area (Å²) in [5, 5.41) is 0. The maximum absolute atomic E-state index is 8.00. The Morgan fingerprint density at radius 2 is 1.40 bits per heavy atom. The molecule has 3 rings (SSSR count). The minimum atomic E-state index is 0.962. The van der Waals surface area contributed by atoms with Crippen LogP contribution >= 0.6 is 0 Å². The number of aryl methyl sites for hydroxylation is 2. The summed E-state index contributed by atoms with van der Waals surface area (Å²) in [6, 6.07) is 8.48. The predicted molar refractivity (Wildman–Crippen MR) is 109 cm³/mol. The van der Waals surface area contributed by atoms with E-state index in [1.807, 2.05) is 6.79 Å². The first-order chi connectivity index (χ1) is 12.1. The lowest BCUT2D eigenvalue weighted by Crippen LogP contribution is -2.14. The van der Waals surface area contributed by atoms with Crippen molar-refractivity contribution in [1.82, 2.24) is 0 Å². The second-order valence-corrected chi connectivity index (χ2v) is 7.34. The molecule has 0 aromatic heterocycles. The fraction of sp³-hybridized carbons (Fsp3) is 0.696. The zero-order chi connectivity index (χ0) is 19.1. The third-order valence-electron chi connectivity index (χ3n) is 5.21. The van der Waals surface area contributed by atoms with E-state index >= 15 is 0 Å². The Morgan fingerprint density at radius 1 is 0.960 bits per heavy atom. The smallest absolute Gasteiger partial charge is 0.106 e. The van der Waals surface area contributed by atoms with Crippen molar-refractivity contribution in [3.05, 3.63) is 35.4 Å². The number of rotatable bonds is 3. The summed E-state index contributed by atoms with van der Waals surface area (Å²) in [6.07, 6.45) is 8.31. The Morgan fingerprint density at radius 3 is 1.64 bits per heavy atom. The molecular formula is C23H40O2. The van der Waals surface area contributed by atoms with Crippen molar-refractivity contribution < 1.29 is 9.53 Å². The van der Waals surface area contributed by atoms with Gasteiger partial charge >= 0.3 is 0 Å². The number of benzene rings is 1. The van der Waals surface area contributed by atoms with Gasteiger partial charge in [0.05, 0.1) is 0 Å². The molecule has 0 bridgehead atoms. The Kier molecular flexibility index (Phi) is 14.4. The molecule has 1 atom stereocenters. The minimum Gasteiger partial charge on any atom is -0.381 e. The van der Waals surface area contributed by atoms with Gasteiger partial charge in [-0.15, -0.1) is 0 Å². The van der Waals surface area contributed by atoms with Gasteiger partial charge in [0.15, 0.2) is 0 Å². The van der Waals surface area contributed by atoms with Gasteiger partial charge in [0.25, 0.3) is 0 Å². The summed E-state index contributed by atoms with van der Waals surface area (Å²) in [5.74, 6) is 3.09. The molecule has 2 fully saturated rings. The highest BCUT2D eigenvalue weighted by atomic mass is 16.5. The largest absolute Gasteiger partial charge is 0.381 e. The highest BCUT2D eigenvalue weighted by molar-refractivity contribution is 5.19. The molecule has 0 amide bonds. The molecule has 2 heteroatoms. The summed E-state index contributed by atoms with van der Waals surface area (Å²) < 4.78 is 5.20. The summed E-state index contributed by atoms with van der Waals surface area (Å²) in [5.41, 5.74) is 2.66. The standard InChI is InChI=1S/C8H10.C7H14O.C7H14.CH2O/c1-7-3-5-8(2)6-4-7;1-2-7-3-5-8-6-4-7;1-3-6(2)7-4-5-7;1-2/h3-6H,1-2H3;7H,2-6H2,1H3;6-7H,3-5H2,1-2H3;1H2. The van der Waals surface area contributed by atoms with Crippen LogP contribution in [0.2, 0.25) is 0 Å². The summed E-state index contributed by atoms with van der Waals surface area (Å²) in [4.78, 5) is 8.00. The van der Waals surface area contributed by atoms with E-state index in [2.05, 4.69) is 58.9 Å². The van der Waals surface area contributed by atoms with Crippen molar-refractivity contribution in [2.45, 2.75) is 73.1 Å². The van der Waals surface area contributed by atoms with Crippen LogP contribution in [0.1, 0.15) is 70.4 Å². The molecule has 25 heavy (non-hydrogen) atoms. The molecule has 1 saturated heterocycles. The third-order valence-corrected chi connectivity index (χ3v) is 5.21. The van der Waals surface area contributed by atoms with Crippen LogP contribution in [0.3, 0.4) is 0 Å². The van der Waals surface area contributed by atoms with Crippen LogP contribution in [-0.4, -0.2) is 20.0 Å². The van der Waals surface area contributed by atoms with E-state index in [-0.39, 0.29) is 0 Å². The average molecular weight is 349 g/mol. The number of carbonyl (C=O) groups is 1. The van der Waals surface area contributed by atoms with Crippen LogP contribution in [-0.2, 0) is 9.53 Å². The molecule has 2 nitrogen and oxygen atoms in total. The van der Waals surface area contributed by atoms with Gasteiger partial charge < -0.3 is 9.53 Å². The number of ether oxygens (including phenoxy) is 1. The van der Waals surface area contributed by atoms with Gasteiger partial charge in [0, 0.05) is 13.2 Å². The molecule has 1 aromatic rings. The zero-order valence-electron chi connectivity index (χ0n) is 17.2. The van der Waals surface area contributed by atoms with Crippen LogP contribution in [0.15, 0.2) is 24.3 Å². The Balaban J connectivity index is 0.000000330. The first-order valence-electron chi connectivity index (χ1n) is 9.96. The van der Waals surface area contributed by atoms with E-state index in [9.17, 15) is 0 Å². The first kappa shape index (κ1) is 23.9. The molecule has 1 aliphatic heterocycles. The van der Waals surface area contributed by atoms with Gasteiger partial charge in [-0.2, -0.15) is 0 Å². The van der Waals surface area contributed by atoms with E-state index in [1.165, 1.54) is 49.7 Å². The fourth-order valence-electron chi connectivity index (χ4n) is 2.79. The zero-order valence-corrected chi connectivity index (χ0v) is 17.2. The lowest BCUT2D eigenvalue weighted by molar-refractivity contribution is -0.0979. The van der Waals surface area contributed by atoms with Crippen LogP contribution in [0.25, 0.3) is 0 Å². The molecule has 1 aromatic carbocycles. The van der Waals surface area contributed by atoms with Gasteiger partial charge in [-0.3, -0.25) is 0 Å². The van der Waals surface area contributed by atoms with Crippen LogP contribution in [0.4, 0.5) is 0 Å². The quantitative estimate of drug-likeness (QED) is 0.633. The van der Waals surface area contributed by atoms with Crippen molar-refractivity contribution in [3.63, 3.8) is 0 Å². The van der Waals surface area contributed by atoms with Crippen molar-refractivity contribution >= 4 is 6.79 Å². The highest BCUT2D eigenvalue weighted by Gasteiger charge is 2.25. The molecule has 1 unspecified atom stereocenters. The molecule has 0 spiro atoms. The number of hydrogen-bond acceptors (Lipinski definition) is 2. The number of hydrogen-bond donors (Lipinski definition) is 0. The molecule has 0 radical (unpaired) electrons. The van der Waals surface area contributed by atoms with E-state index < -0.39 is 0 Å². The van der Waals surface area contributed by atoms with Gasteiger partial charge in [-0.05, 0) is 57.3 Å². The Hall–Kier alpha value is -1.15. The third kappa shape index (κ3) is 12.8. The van der Waals surface area contributed by atoms with Crippen molar-refractivity contribution in [2.24, 2.45) is 17.8 Å². The van der Waals surface area contributed by atoms with E-state index in [1.54, 1.807) is 0 Å². The molecular weight excluding hydrogens is 308 g/mol.